The van der Waals surface area contributed by atoms with Crippen LogP contribution in [0.4, 0.5) is 4.79 Å². The molecule has 6 heteroatoms. The first kappa shape index (κ1) is 20.0. The SMILES string of the molecule is C#CCC(NC(=O)OC(C)(C)C)C(=O)NC(C)C(=O)CCC. The Kier molecular flexibility index (Phi) is 8.24. The number of amides is 2. The van der Waals surface area contributed by atoms with Crippen LogP contribution < -0.4 is 10.6 Å². The molecule has 2 amide bonds. The molecule has 0 aliphatic carbocycles. The third-order valence-electron chi connectivity index (χ3n) is 2.67. The molecule has 2 unspecified atom stereocenters. The predicted molar refractivity (Wildman–Crippen MR) is 84.1 cm³/mol. The number of hydrogen-bond donors (Lipinski definition) is 2. The number of alkyl carbamates (subject to hydrolysis) is 1. The minimum Gasteiger partial charge on any atom is -0.444 e. The van der Waals surface area contributed by atoms with Crippen molar-refractivity contribution in [2.75, 3.05) is 0 Å². The van der Waals surface area contributed by atoms with Crippen molar-refractivity contribution in [1.82, 2.24) is 10.6 Å². The fraction of sp³-hybridized carbons (Fsp3) is 0.688. The molecule has 0 aromatic rings. The normalized spacial score (nSPS) is 13.5. The molecule has 0 saturated heterocycles. The van der Waals surface area contributed by atoms with Gasteiger partial charge in [0.05, 0.1) is 6.04 Å². The first-order valence-electron chi connectivity index (χ1n) is 7.36. The molecule has 124 valence electrons. The van der Waals surface area contributed by atoms with Crippen molar-refractivity contribution in [2.45, 2.75) is 71.6 Å². The summed E-state index contributed by atoms with van der Waals surface area (Å²) >= 11 is 0. The molecule has 0 spiro atoms. The number of Topliss-reactive ketones (excluding diaryl/α,β-unsaturated/α-hetero) is 1. The van der Waals surface area contributed by atoms with Crippen LogP contribution in [0.15, 0.2) is 0 Å². The highest BCUT2D eigenvalue weighted by atomic mass is 16.6. The van der Waals surface area contributed by atoms with Crippen LogP contribution in [0.5, 0.6) is 0 Å². The number of ether oxygens (including phenoxy) is 1. The highest BCUT2D eigenvalue weighted by Crippen LogP contribution is 2.07. The number of carbonyl (C=O) groups excluding carboxylic acids is 3. The summed E-state index contributed by atoms with van der Waals surface area (Å²) in [4.78, 5) is 35.5. The topological polar surface area (TPSA) is 84.5 Å². The number of nitrogens with one attached hydrogen (secondary N) is 2. The second-order valence-corrected chi connectivity index (χ2v) is 6.05. The zero-order chi connectivity index (χ0) is 17.3. The Morgan fingerprint density at radius 2 is 1.82 bits per heavy atom. The van der Waals surface area contributed by atoms with Gasteiger partial charge >= 0.3 is 6.09 Å². The third kappa shape index (κ3) is 8.30. The van der Waals surface area contributed by atoms with Crippen LogP contribution in [0.1, 0.15) is 53.9 Å². The molecular formula is C16H26N2O4. The molecule has 0 bridgehead atoms. The van der Waals surface area contributed by atoms with Crippen LogP contribution in [0.3, 0.4) is 0 Å². The first-order chi connectivity index (χ1) is 10.1. The lowest BCUT2D eigenvalue weighted by Crippen LogP contribution is -2.51. The van der Waals surface area contributed by atoms with E-state index in [9.17, 15) is 14.4 Å². The van der Waals surface area contributed by atoms with E-state index >= 15 is 0 Å². The van der Waals surface area contributed by atoms with Crippen molar-refractivity contribution < 1.29 is 19.1 Å². The molecule has 2 atom stereocenters. The van der Waals surface area contributed by atoms with Crippen molar-refractivity contribution in [2.24, 2.45) is 0 Å². The Bertz CT molecular complexity index is 446. The summed E-state index contributed by atoms with van der Waals surface area (Å²) in [7, 11) is 0. The minimum absolute atomic E-state index is 0.0137. The summed E-state index contributed by atoms with van der Waals surface area (Å²) in [5.41, 5.74) is -0.675. The van der Waals surface area contributed by atoms with Crippen LogP contribution in [-0.4, -0.2) is 35.5 Å². The van der Waals surface area contributed by atoms with Crippen LogP contribution in [-0.2, 0) is 14.3 Å². The third-order valence-corrected chi connectivity index (χ3v) is 2.67. The van der Waals surface area contributed by atoms with E-state index in [1.54, 1.807) is 27.7 Å². The van der Waals surface area contributed by atoms with Gasteiger partial charge in [0.2, 0.25) is 5.91 Å². The largest absolute Gasteiger partial charge is 0.444 e. The van der Waals surface area contributed by atoms with Crippen molar-refractivity contribution in [3.8, 4) is 12.3 Å². The summed E-state index contributed by atoms with van der Waals surface area (Å²) in [5.74, 6) is 1.77. The van der Waals surface area contributed by atoms with E-state index in [0.717, 1.165) is 0 Å². The van der Waals surface area contributed by atoms with E-state index in [0.29, 0.717) is 12.8 Å². The molecule has 0 fully saturated rings. The van der Waals surface area contributed by atoms with E-state index in [-0.39, 0.29) is 12.2 Å². The maximum Gasteiger partial charge on any atom is 0.408 e. The van der Waals surface area contributed by atoms with Gasteiger partial charge in [0.15, 0.2) is 5.78 Å². The van der Waals surface area contributed by atoms with Gasteiger partial charge in [-0.2, -0.15) is 0 Å². The maximum absolute atomic E-state index is 12.1. The van der Waals surface area contributed by atoms with Crippen molar-refractivity contribution >= 4 is 17.8 Å². The second-order valence-electron chi connectivity index (χ2n) is 6.05. The summed E-state index contributed by atoms with van der Waals surface area (Å²) < 4.78 is 5.09. The standard InChI is InChI=1S/C16H26N2O4/c1-7-9-12(18-15(21)22-16(4,5)6)14(20)17-11(3)13(19)10-8-2/h1,11-12H,8-10H2,2-6H3,(H,17,20)(H,18,21). The van der Waals surface area contributed by atoms with Gasteiger partial charge in [0.25, 0.3) is 0 Å². The monoisotopic (exact) mass is 310 g/mol. The molecule has 22 heavy (non-hydrogen) atoms. The highest BCUT2D eigenvalue weighted by Gasteiger charge is 2.25. The second kappa shape index (κ2) is 9.08. The van der Waals surface area contributed by atoms with Gasteiger partial charge in [-0.05, 0) is 34.1 Å². The lowest BCUT2D eigenvalue weighted by Gasteiger charge is -2.23. The number of hydrogen-bond acceptors (Lipinski definition) is 4. The molecule has 0 aliphatic heterocycles. The van der Waals surface area contributed by atoms with Crippen LogP contribution >= 0.6 is 0 Å². The fourth-order valence-electron chi connectivity index (χ4n) is 1.63. The summed E-state index contributed by atoms with van der Waals surface area (Å²) in [6, 6.07) is -1.55. The van der Waals surface area contributed by atoms with E-state index in [4.69, 9.17) is 11.2 Å². The van der Waals surface area contributed by atoms with Gasteiger partial charge in [-0.25, -0.2) is 4.79 Å². The molecule has 0 aliphatic rings. The number of terminal acetylenes is 1. The predicted octanol–water partition coefficient (Wildman–Crippen LogP) is 1.78. The van der Waals surface area contributed by atoms with Crippen molar-refractivity contribution in [3.05, 3.63) is 0 Å². The Balaban J connectivity index is 4.67. The average Bonchev–Trinajstić information content (AvgIpc) is 2.36. The average molecular weight is 310 g/mol. The Labute approximate surface area is 132 Å². The van der Waals surface area contributed by atoms with Crippen molar-refractivity contribution in [3.63, 3.8) is 0 Å². The van der Waals surface area contributed by atoms with Gasteiger partial charge < -0.3 is 15.4 Å². The zero-order valence-corrected chi connectivity index (χ0v) is 14.0. The fourth-order valence-corrected chi connectivity index (χ4v) is 1.63. The Morgan fingerprint density at radius 3 is 2.27 bits per heavy atom. The van der Waals surface area contributed by atoms with Crippen LogP contribution in [0, 0.1) is 12.3 Å². The van der Waals surface area contributed by atoms with Gasteiger partial charge in [0, 0.05) is 12.8 Å². The van der Waals surface area contributed by atoms with E-state index < -0.39 is 29.7 Å². The molecule has 0 saturated carbocycles. The Morgan fingerprint density at radius 1 is 1.23 bits per heavy atom. The van der Waals surface area contributed by atoms with Gasteiger partial charge in [-0.15, -0.1) is 12.3 Å². The van der Waals surface area contributed by atoms with E-state index in [2.05, 4.69) is 16.6 Å². The van der Waals surface area contributed by atoms with E-state index in [1.165, 1.54) is 0 Å². The minimum atomic E-state index is -0.934. The summed E-state index contributed by atoms with van der Waals surface area (Å²) in [5, 5.41) is 4.99. The van der Waals surface area contributed by atoms with Gasteiger partial charge in [0.1, 0.15) is 11.6 Å². The molecule has 6 nitrogen and oxygen atoms in total. The van der Waals surface area contributed by atoms with Gasteiger partial charge in [-0.3, -0.25) is 9.59 Å². The zero-order valence-electron chi connectivity index (χ0n) is 14.0. The van der Waals surface area contributed by atoms with Gasteiger partial charge in [-0.1, -0.05) is 6.92 Å². The smallest absolute Gasteiger partial charge is 0.408 e. The number of carbonyl (C=O) groups is 3. The molecule has 0 aromatic carbocycles. The van der Waals surface area contributed by atoms with Crippen LogP contribution in [0.25, 0.3) is 0 Å². The quantitative estimate of drug-likeness (QED) is 0.702. The molecular weight excluding hydrogens is 284 g/mol. The Hall–Kier alpha value is -2.03. The summed E-state index contributed by atoms with van der Waals surface area (Å²) in [6.45, 7) is 8.64. The first-order valence-corrected chi connectivity index (χ1v) is 7.36. The number of ketones is 1. The van der Waals surface area contributed by atoms with Crippen LogP contribution in [0.2, 0.25) is 0 Å². The lowest BCUT2D eigenvalue weighted by molar-refractivity contribution is -0.128. The molecule has 0 heterocycles. The summed E-state index contributed by atoms with van der Waals surface area (Å²) in [6.07, 6.45) is 5.61. The lowest BCUT2D eigenvalue weighted by atomic mass is 10.1. The molecule has 0 radical (unpaired) electrons. The molecule has 0 rings (SSSR count). The molecule has 2 N–H and O–H groups in total. The highest BCUT2D eigenvalue weighted by molar-refractivity contribution is 5.92. The number of rotatable bonds is 7. The van der Waals surface area contributed by atoms with Crippen molar-refractivity contribution in [1.29, 1.82) is 0 Å². The van der Waals surface area contributed by atoms with E-state index in [1.807, 2.05) is 6.92 Å². The maximum atomic E-state index is 12.1. The molecule has 0 aromatic heterocycles.